The number of aromatic nitrogens is 1. The Bertz CT molecular complexity index is 483. The summed E-state index contributed by atoms with van der Waals surface area (Å²) in [5, 5.41) is 8.72. The third-order valence-electron chi connectivity index (χ3n) is 3.47. The summed E-state index contributed by atoms with van der Waals surface area (Å²) in [6, 6.07) is 1.98. The van der Waals surface area contributed by atoms with Gasteiger partial charge in [-0.05, 0) is 30.9 Å². The molecule has 0 amide bonds. The van der Waals surface area contributed by atoms with E-state index in [4.69, 9.17) is 5.11 Å². The number of aliphatic carboxylic acids is 1. The van der Waals surface area contributed by atoms with Gasteiger partial charge in [0.1, 0.15) is 5.82 Å². The van der Waals surface area contributed by atoms with Gasteiger partial charge in [0.15, 0.2) is 0 Å². The average Bonchev–Trinajstić information content (AvgIpc) is 2.38. The van der Waals surface area contributed by atoms with E-state index in [1.165, 1.54) is 0 Å². The maximum atomic E-state index is 12.6. The molecule has 7 heteroatoms. The van der Waals surface area contributed by atoms with E-state index in [1.807, 2.05) is 0 Å². The molecule has 0 radical (unpaired) electrons. The standard InChI is InChI=1S/C13H15F3N2O2/c14-13(15,16)10-1-4-17-11(8-10)18-5-2-9(3-6-18)7-12(19)20/h1,4,8-9H,2-3,5-7H2,(H,19,20). The molecule has 1 N–H and O–H groups in total. The van der Waals surface area contributed by atoms with Crippen LogP contribution in [0, 0.1) is 5.92 Å². The normalized spacial score (nSPS) is 17.2. The van der Waals surface area contributed by atoms with Gasteiger partial charge < -0.3 is 10.0 Å². The molecule has 1 aliphatic rings. The summed E-state index contributed by atoms with van der Waals surface area (Å²) >= 11 is 0. The Labute approximate surface area is 114 Å². The van der Waals surface area contributed by atoms with Crippen LogP contribution in [0.3, 0.4) is 0 Å². The van der Waals surface area contributed by atoms with Gasteiger partial charge >= 0.3 is 12.1 Å². The molecule has 1 aliphatic heterocycles. The molecular weight excluding hydrogens is 273 g/mol. The minimum Gasteiger partial charge on any atom is -0.481 e. The summed E-state index contributed by atoms with van der Waals surface area (Å²) < 4.78 is 37.9. The first kappa shape index (κ1) is 14.6. The van der Waals surface area contributed by atoms with Crippen molar-refractivity contribution >= 4 is 11.8 Å². The molecule has 1 aromatic heterocycles. The zero-order chi connectivity index (χ0) is 14.8. The molecule has 4 nitrogen and oxygen atoms in total. The van der Waals surface area contributed by atoms with E-state index in [0.29, 0.717) is 31.7 Å². The van der Waals surface area contributed by atoms with E-state index in [-0.39, 0.29) is 12.3 Å². The second-order valence-electron chi connectivity index (χ2n) is 4.93. The van der Waals surface area contributed by atoms with E-state index < -0.39 is 17.7 Å². The van der Waals surface area contributed by atoms with Crippen LogP contribution in [0.15, 0.2) is 18.3 Å². The second-order valence-corrected chi connectivity index (χ2v) is 4.93. The molecule has 1 saturated heterocycles. The lowest BCUT2D eigenvalue weighted by Crippen LogP contribution is -2.35. The van der Waals surface area contributed by atoms with Gasteiger partial charge in [0.2, 0.25) is 0 Å². The van der Waals surface area contributed by atoms with Gasteiger partial charge in [-0.3, -0.25) is 4.79 Å². The molecule has 0 aliphatic carbocycles. The van der Waals surface area contributed by atoms with Crippen molar-refractivity contribution < 1.29 is 23.1 Å². The Balaban J connectivity index is 2.02. The van der Waals surface area contributed by atoms with Gasteiger partial charge in [-0.15, -0.1) is 0 Å². The molecular formula is C13H15F3N2O2. The molecule has 0 spiro atoms. The number of halogens is 3. The number of carboxylic acid groups (broad SMARTS) is 1. The topological polar surface area (TPSA) is 53.4 Å². The van der Waals surface area contributed by atoms with Crippen LogP contribution >= 0.6 is 0 Å². The van der Waals surface area contributed by atoms with Crippen LogP contribution in [0.1, 0.15) is 24.8 Å². The molecule has 110 valence electrons. The third kappa shape index (κ3) is 3.61. The van der Waals surface area contributed by atoms with Crippen molar-refractivity contribution in [2.45, 2.75) is 25.4 Å². The van der Waals surface area contributed by atoms with E-state index in [2.05, 4.69) is 4.98 Å². The minimum atomic E-state index is -4.38. The highest BCUT2D eigenvalue weighted by Crippen LogP contribution is 2.31. The zero-order valence-corrected chi connectivity index (χ0v) is 10.7. The fraction of sp³-hybridized carbons (Fsp3) is 0.538. The molecule has 0 unspecified atom stereocenters. The number of nitrogens with zero attached hydrogens (tertiary/aromatic N) is 2. The van der Waals surface area contributed by atoms with E-state index in [9.17, 15) is 18.0 Å². The van der Waals surface area contributed by atoms with Gasteiger partial charge in [-0.1, -0.05) is 0 Å². The average molecular weight is 288 g/mol. The van der Waals surface area contributed by atoms with Gasteiger partial charge in [-0.2, -0.15) is 13.2 Å². The summed E-state index contributed by atoms with van der Waals surface area (Å²) in [5.74, 6) is -0.441. The minimum absolute atomic E-state index is 0.0922. The smallest absolute Gasteiger partial charge is 0.416 e. The van der Waals surface area contributed by atoms with Gasteiger partial charge in [0.05, 0.1) is 5.56 Å². The predicted octanol–water partition coefficient (Wildman–Crippen LogP) is 2.79. The summed E-state index contributed by atoms with van der Waals surface area (Å²) in [6.07, 6.45) is -1.79. The van der Waals surface area contributed by atoms with Crippen molar-refractivity contribution in [1.82, 2.24) is 4.98 Å². The van der Waals surface area contributed by atoms with Crippen LogP contribution in [0.25, 0.3) is 0 Å². The predicted molar refractivity (Wildman–Crippen MR) is 66.4 cm³/mol. The SMILES string of the molecule is O=C(O)CC1CCN(c2cc(C(F)(F)F)ccn2)CC1. The Morgan fingerprint density at radius 3 is 2.60 bits per heavy atom. The highest BCUT2D eigenvalue weighted by atomic mass is 19.4. The first-order valence-electron chi connectivity index (χ1n) is 6.36. The molecule has 0 saturated carbocycles. The van der Waals surface area contributed by atoms with Gasteiger partial charge in [-0.25, -0.2) is 4.98 Å². The van der Waals surface area contributed by atoms with Crippen molar-refractivity contribution in [2.75, 3.05) is 18.0 Å². The van der Waals surface area contributed by atoms with Crippen molar-refractivity contribution in [3.05, 3.63) is 23.9 Å². The monoisotopic (exact) mass is 288 g/mol. The molecule has 1 aromatic rings. The maximum Gasteiger partial charge on any atom is 0.416 e. The first-order valence-corrected chi connectivity index (χ1v) is 6.36. The number of carboxylic acids is 1. The van der Waals surface area contributed by atoms with E-state index in [1.54, 1.807) is 4.90 Å². The van der Waals surface area contributed by atoms with Crippen LogP contribution in [0.2, 0.25) is 0 Å². The summed E-state index contributed by atoms with van der Waals surface area (Å²) in [5.41, 5.74) is -0.713. The number of hydrogen-bond acceptors (Lipinski definition) is 3. The number of piperidine rings is 1. The third-order valence-corrected chi connectivity index (χ3v) is 3.47. The zero-order valence-electron chi connectivity index (χ0n) is 10.7. The Hall–Kier alpha value is -1.79. The molecule has 20 heavy (non-hydrogen) atoms. The van der Waals surface area contributed by atoms with Gasteiger partial charge in [0, 0.05) is 25.7 Å². The summed E-state index contributed by atoms with van der Waals surface area (Å²) in [4.78, 5) is 16.4. The highest BCUT2D eigenvalue weighted by Gasteiger charge is 2.31. The molecule has 2 heterocycles. The van der Waals surface area contributed by atoms with Crippen molar-refractivity contribution in [3.8, 4) is 0 Å². The van der Waals surface area contributed by atoms with Crippen LogP contribution in [-0.2, 0) is 11.0 Å². The first-order chi connectivity index (χ1) is 9.36. The van der Waals surface area contributed by atoms with Crippen molar-refractivity contribution in [2.24, 2.45) is 5.92 Å². The molecule has 1 fully saturated rings. The van der Waals surface area contributed by atoms with E-state index >= 15 is 0 Å². The molecule has 0 bridgehead atoms. The fourth-order valence-electron chi connectivity index (χ4n) is 2.38. The number of rotatable bonds is 3. The Morgan fingerprint density at radius 2 is 2.05 bits per heavy atom. The summed E-state index contributed by atoms with van der Waals surface area (Å²) in [7, 11) is 0. The van der Waals surface area contributed by atoms with Crippen LogP contribution in [-0.4, -0.2) is 29.1 Å². The van der Waals surface area contributed by atoms with Crippen LogP contribution < -0.4 is 4.90 Å². The lowest BCUT2D eigenvalue weighted by atomic mass is 9.93. The van der Waals surface area contributed by atoms with Crippen LogP contribution in [0.4, 0.5) is 19.0 Å². The highest BCUT2D eigenvalue weighted by molar-refractivity contribution is 5.67. The number of hydrogen-bond donors (Lipinski definition) is 1. The number of carbonyl (C=O) groups is 1. The van der Waals surface area contributed by atoms with Crippen molar-refractivity contribution in [1.29, 1.82) is 0 Å². The lowest BCUT2D eigenvalue weighted by molar-refractivity contribution is -0.139. The summed E-state index contributed by atoms with van der Waals surface area (Å²) in [6.45, 7) is 1.07. The quantitative estimate of drug-likeness (QED) is 0.929. The van der Waals surface area contributed by atoms with Gasteiger partial charge in [0.25, 0.3) is 0 Å². The van der Waals surface area contributed by atoms with Crippen LogP contribution in [0.5, 0.6) is 0 Å². The number of pyridine rings is 1. The fourth-order valence-corrected chi connectivity index (χ4v) is 2.38. The molecule has 2 rings (SSSR count). The maximum absolute atomic E-state index is 12.6. The largest absolute Gasteiger partial charge is 0.481 e. The Kier molecular flexibility index (Phi) is 4.15. The molecule has 0 atom stereocenters. The number of alkyl halides is 3. The number of anilines is 1. The van der Waals surface area contributed by atoms with Crippen molar-refractivity contribution in [3.63, 3.8) is 0 Å². The Morgan fingerprint density at radius 1 is 1.40 bits per heavy atom. The molecule has 0 aromatic carbocycles. The van der Waals surface area contributed by atoms with E-state index in [0.717, 1.165) is 18.3 Å². The lowest BCUT2D eigenvalue weighted by Gasteiger charge is -2.32. The second kappa shape index (κ2) is 5.68.